The van der Waals surface area contributed by atoms with Gasteiger partial charge in [0.25, 0.3) is 5.56 Å². The van der Waals surface area contributed by atoms with Crippen molar-refractivity contribution in [1.29, 1.82) is 0 Å². The minimum atomic E-state index is -4.57. The van der Waals surface area contributed by atoms with E-state index in [9.17, 15) is 27.6 Å². The van der Waals surface area contributed by atoms with E-state index in [2.05, 4.69) is 10.3 Å². The summed E-state index contributed by atoms with van der Waals surface area (Å²) >= 11 is 0. The van der Waals surface area contributed by atoms with Gasteiger partial charge in [-0.3, -0.25) is 14.4 Å². The normalized spacial score (nSPS) is 18.0. The van der Waals surface area contributed by atoms with Gasteiger partial charge in [0.15, 0.2) is 0 Å². The van der Waals surface area contributed by atoms with E-state index in [1.54, 1.807) is 18.2 Å². The van der Waals surface area contributed by atoms with Crippen LogP contribution in [0.2, 0.25) is 0 Å². The van der Waals surface area contributed by atoms with Crippen LogP contribution in [0.5, 0.6) is 0 Å². The molecule has 190 valence electrons. The average molecular weight is 502 g/mol. The van der Waals surface area contributed by atoms with Gasteiger partial charge >= 0.3 is 12.1 Å². The van der Waals surface area contributed by atoms with Crippen molar-refractivity contribution in [2.45, 2.75) is 31.0 Å². The van der Waals surface area contributed by atoms with Gasteiger partial charge in [0.05, 0.1) is 23.9 Å². The van der Waals surface area contributed by atoms with Crippen LogP contribution in [0.1, 0.15) is 29.9 Å². The maximum absolute atomic E-state index is 13.5. The SMILES string of the molecule is CN(C)CCC(=O)OCC1C[C@H](c2ccc3cc(-c4ccccc4C(F)(F)F)[nH]c(=O)c3c2)C(=O)N1. The fourth-order valence-corrected chi connectivity index (χ4v) is 4.33. The fourth-order valence-electron chi connectivity index (χ4n) is 4.33. The molecule has 2 N–H and O–H groups in total. The molecule has 0 spiro atoms. The summed E-state index contributed by atoms with van der Waals surface area (Å²) in [6.45, 7) is 0.623. The Kier molecular flexibility index (Phi) is 7.16. The first kappa shape index (κ1) is 25.4. The summed E-state index contributed by atoms with van der Waals surface area (Å²) in [5.41, 5.74) is -0.844. The van der Waals surface area contributed by atoms with Crippen LogP contribution in [0.15, 0.2) is 53.3 Å². The third-order valence-corrected chi connectivity index (χ3v) is 6.19. The number of nitrogens with one attached hydrogen (secondary N) is 2. The van der Waals surface area contributed by atoms with Crippen LogP contribution in [-0.4, -0.2) is 55.0 Å². The third-order valence-electron chi connectivity index (χ3n) is 6.19. The average Bonchev–Trinajstić information content (AvgIpc) is 3.21. The number of ether oxygens (including phenoxy) is 1. The number of aromatic amines is 1. The molecule has 1 saturated heterocycles. The van der Waals surface area contributed by atoms with Crippen molar-refractivity contribution in [2.24, 2.45) is 0 Å². The number of carbonyl (C=O) groups is 2. The Balaban J connectivity index is 1.54. The summed E-state index contributed by atoms with van der Waals surface area (Å²) in [4.78, 5) is 41.7. The van der Waals surface area contributed by atoms with E-state index in [0.717, 1.165) is 6.07 Å². The number of aromatic nitrogens is 1. The van der Waals surface area contributed by atoms with Crippen molar-refractivity contribution in [2.75, 3.05) is 27.2 Å². The molecule has 1 amide bonds. The smallest absolute Gasteiger partial charge is 0.417 e. The molecule has 1 aliphatic rings. The number of hydrogen-bond donors (Lipinski definition) is 2. The first-order chi connectivity index (χ1) is 17.0. The zero-order chi connectivity index (χ0) is 26.0. The molecule has 0 aliphatic carbocycles. The molecular weight excluding hydrogens is 475 g/mol. The first-order valence-electron chi connectivity index (χ1n) is 11.5. The second-order valence-electron chi connectivity index (χ2n) is 9.13. The van der Waals surface area contributed by atoms with Gasteiger partial charge in [-0.15, -0.1) is 0 Å². The molecule has 1 unspecified atom stereocenters. The van der Waals surface area contributed by atoms with E-state index in [4.69, 9.17) is 4.74 Å². The van der Waals surface area contributed by atoms with E-state index >= 15 is 0 Å². The number of H-pyrrole nitrogens is 1. The van der Waals surface area contributed by atoms with Gasteiger partial charge in [-0.05, 0) is 49.7 Å². The van der Waals surface area contributed by atoms with Gasteiger partial charge in [-0.1, -0.05) is 30.3 Å². The van der Waals surface area contributed by atoms with Gasteiger partial charge in [0.2, 0.25) is 5.91 Å². The van der Waals surface area contributed by atoms with E-state index < -0.39 is 23.2 Å². The van der Waals surface area contributed by atoms with Crippen LogP contribution >= 0.6 is 0 Å². The molecule has 3 aromatic rings. The number of rotatable bonds is 7. The Hall–Kier alpha value is -3.66. The van der Waals surface area contributed by atoms with Crippen LogP contribution in [0.4, 0.5) is 13.2 Å². The number of hydrogen-bond acceptors (Lipinski definition) is 5. The van der Waals surface area contributed by atoms with E-state index in [-0.39, 0.29) is 47.6 Å². The zero-order valence-corrected chi connectivity index (χ0v) is 19.8. The molecule has 2 aromatic carbocycles. The molecule has 4 rings (SSSR count). The topological polar surface area (TPSA) is 91.5 Å². The number of carbonyl (C=O) groups excluding carboxylic acids is 2. The number of nitrogens with zero attached hydrogens (tertiary/aromatic N) is 1. The minimum Gasteiger partial charge on any atom is -0.463 e. The number of amides is 1. The van der Waals surface area contributed by atoms with Crippen molar-refractivity contribution < 1.29 is 27.5 Å². The molecule has 1 aliphatic heterocycles. The molecule has 2 heterocycles. The van der Waals surface area contributed by atoms with Crippen LogP contribution < -0.4 is 10.9 Å². The van der Waals surface area contributed by atoms with E-state index in [1.165, 1.54) is 24.3 Å². The summed E-state index contributed by atoms with van der Waals surface area (Å²) in [7, 11) is 3.71. The lowest BCUT2D eigenvalue weighted by atomic mass is 9.93. The lowest BCUT2D eigenvalue weighted by molar-refractivity contribution is -0.144. The molecule has 0 saturated carbocycles. The monoisotopic (exact) mass is 501 g/mol. The lowest BCUT2D eigenvalue weighted by Gasteiger charge is -2.14. The van der Waals surface area contributed by atoms with Crippen molar-refractivity contribution in [3.8, 4) is 11.3 Å². The lowest BCUT2D eigenvalue weighted by Crippen LogP contribution is -2.31. The van der Waals surface area contributed by atoms with Crippen LogP contribution in [0, 0.1) is 0 Å². The highest BCUT2D eigenvalue weighted by Crippen LogP contribution is 2.37. The number of pyridine rings is 1. The predicted octanol–water partition coefficient (Wildman–Crippen LogP) is 3.68. The highest BCUT2D eigenvalue weighted by atomic mass is 19.4. The molecule has 1 aromatic heterocycles. The van der Waals surface area contributed by atoms with Crippen LogP contribution in [0.25, 0.3) is 22.0 Å². The fraction of sp³-hybridized carbons (Fsp3) is 0.346. The summed E-state index contributed by atoms with van der Waals surface area (Å²) in [6.07, 6.45) is -3.93. The summed E-state index contributed by atoms with van der Waals surface area (Å²) in [6, 6.07) is 11.1. The van der Waals surface area contributed by atoms with E-state index in [0.29, 0.717) is 23.9 Å². The maximum Gasteiger partial charge on any atom is 0.417 e. The molecule has 36 heavy (non-hydrogen) atoms. The number of benzene rings is 2. The Bertz CT molecular complexity index is 1350. The van der Waals surface area contributed by atoms with Crippen molar-refractivity contribution in [3.63, 3.8) is 0 Å². The number of fused-ring (bicyclic) bond motifs is 1. The predicted molar refractivity (Wildman–Crippen MR) is 128 cm³/mol. The van der Waals surface area contributed by atoms with E-state index in [1.807, 2.05) is 19.0 Å². The Morgan fingerprint density at radius 1 is 1.11 bits per heavy atom. The van der Waals surface area contributed by atoms with Crippen molar-refractivity contribution in [1.82, 2.24) is 15.2 Å². The highest BCUT2D eigenvalue weighted by Gasteiger charge is 2.35. The molecule has 1 fully saturated rings. The Morgan fingerprint density at radius 3 is 2.58 bits per heavy atom. The summed E-state index contributed by atoms with van der Waals surface area (Å²) < 4.78 is 45.6. The molecule has 7 nitrogen and oxygen atoms in total. The number of alkyl halides is 3. The Labute approximate surface area is 205 Å². The Morgan fingerprint density at radius 2 is 1.86 bits per heavy atom. The zero-order valence-electron chi connectivity index (χ0n) is 19.8. The van der Waals surface area contributed by atoms with Crippen LogP contribution in [0.3, 0.4) is 0 Å². The largest absolute Gasteiger partial charge is 0.463 e. The van der Waals surface area contributed by atoms with Crippen LogP contribution in [-0.2, 0) is 20.5 Å². The van der Waals surface area contributed by atoms with Gasteiger partial charge in [0, 0.05) is 23.2 Å². The molecule has 10 heteroatoms. The number of halogens is 3. The quantitative estimate of drug-likeness (QED) is 0.482. The molecule has 0 radical (unpaired) electrons. The first-order valence-corrected chi connectivity index (χ1v) is 11.5. The minimum absolute atomic E-state index is 0.0583. The third kappa shape index (κ3) is 5.59. The maximum atomic E-state index is 13.5. The summed E-state index contributed by atoms with van der Waals surface area (Å²) in [5.74, 6) is -1.12. The van der Waals surface area contributed by atoms with Gasteiger partial charge in [0.1, 0.15) is 6.61 Å². The van der Waals surface area contributed by atoms with Crippen molar-refractivity contribution in [3.05, 3.63) is 70.0 Å². The highest BCUT2D eigenvalue weighted by molar-refractivity contribution is 5.90. The van der Waals surface area contributed by atoms with Gasteiger partial charge < -0.3 is 19.9 Å². The second-order valence-corrected chi connectivity index (χ2v) is 9.13. The number of esters is 1. The molecule has 0 bridgehead atoms. The molecule has 2 atom stereocenters. The summed E-state index contributed by atoms with van der Waals surface area (Å²) in [5, 5.41) is 3.55. The second kappa shape index (κ2) is 10.1. The van der Waals surface area contributed by atoms with Gasteiger partial charge in [-0.2, -0.15) is 13.2 Å². The van der Waals surface area contributed by atoms with Crippen molar-refractivity contribution >= 4 is 22.6 Å². The standard InChI is InChI=1S/C26H26F3N3O4/c1-32(2)10-9-23(33)36-14-17-13-20(24(34)30-17)15-7-8-16-12-22(31-25(35)19(16)11-15)18-5-3-4-6-21(18)26(27,28)29/h3-8,11-12,17,20H,9-10,13-14H2,1-2H3,(H,30,34)(H,31,35)/t17?,20-/m1/s1. The molecular formula is C26H26F3N3O4. The van der Waals surface area contributed by atoms with Gasteiger partial charge in [-0.25, -0.2) is 0 Å².